The molecule has 0 aliphatic heterocycles. The quantitative estimate of drug-likeness (QED) is 0.563. The maximum absolute atomic E-state index is 12.0. The molecular weight excluding hydrogens is 212 g/mol. The number of nitrogens with one attached hydrogen (secondary N) is 2. The second-order valence-electron chi connectivity index (χ2n) is 4.40. The van der Waals surface area contributed by atoms with Gasteiger partial charge in [-0.25, -0.2) is 8.78 Å². The Morgan fingerprint density at radius 3 is 2.44 bits per heavy atom. The lowest BCUT2D eigenvalue weighted by molar-refractivity contribution is 0.130. The Morgan fingerprint density at radius 1 is 1.38 bits per heavy atom. The molecule has 0 bridgehead atoms. The Hall–Kier alpha value is -0.870. The van der Waals surface area contributed by atoms with Crippen molar-refractivity contribution in [1.29, 1.82) is 0 Å². The number of aliphatic imine (C=N–C) groups is 1. The minimum Gasteiger partial charge on any atom is -0.356 e. The fourth-order valence-corrected chi connectivity index (χ4v) is 2.00. The van der Waals surface area contributed by atoms with Crippen molar-refractivity contribution in [3.8, 4) is 0 Å². The summed E-state index contributed by atoms with van der Waals surface area (Å²) in [6.07, 6.45) is 2.51. The van der Waals surface area contributed by atoms with Gasteiger partial charge in [-0.15, -0.1) is 0 Å². The summed E-state index contributed by atoms with van der Waals surface area (Å²) in [7, 11) is 1.60. The fourth-order valence-electron chi connectivity index (χ4n) is 2.00. The molecule has 0 aromatic heterocycles. The summed E-state index contributed by atoms with van der Waals surface area (Å²) in [5.74, 6) is 0.472. The predicted octanol–water partition coefficient (Wildman–Crippen LogP) is 2.00. The molecule has 5 heteroatoms. The first kappa shape index (κ1) is 13.2. The number of nitrogens with zero attached hydrogens (tertiary/aromatic N) is 1. The zero-order chi connectivity index (χ0) is 12.0. The Morgan fingerprint density at radius 2 is 2.06 bits per heavy atom. The van der Waals surface area contributed by atoms with Crippen LogP contribution in [0.2, 0.25) is 0 Å². The maximum Gasteiger partial charge on any atom is 0.255 e. The van der Waals surface area contributed by atoms with Crippen molar-refractivity contribution in [3.05, 3.63) is 0 Å². The molecule has 16 heavy (non-hydrogen) atoms. The molecule has 0 saturated heterocycles. The number of guanidine groups is 1. The van der Waals surface area contributed by atoms with Gasteiger partial charge in [-0.2, -0.15) is 0 Å². The average Bonchev–Trinajstić information content (AvgIpc) is 2.21. The first-order chi connectivity index (χ1) is 7.62. The first-order valence-electron chi connectivity index (χ1n) is 5.84. The molecule has 3 nitrogen and oxygen atoms in total. The van der Waals surface area contributed by atoms with Crippen LogP contribution < -0.4 is 10.6 Å². The Balaban J connectivity index is 2.28. The number of halogens is 2. The van der Waals surface area contributed by atoms with E-state index in [1.807, 2.05) is 0 Å². The molecule has 0 aromatic carbocycles. The normalized spacial score (nSPS) is 19.4. The largest absolute Gasteiger partial charge is 0.356 e. The highest BCUT2D eigenvalue weighted by Gasteiger charge is 2.34. The van der Waals surface area contributed by atoms with Gasteiger partial charge in [-0.3, -0.25) is 4.99 Å². The monoisotopic (exact) mass is 233 g/mol. The van der Waals surface area contributed by atoms with Crippen molar-refractivity contribution < 1.29 is 8.78 Å². The van der Waals surface area contributed by atoms with Gasteiger partial charge in [0.15, 0.2) is 5.96 Å². The molecule has 1 aliphatic rings. The maximum atomic E-state index is 12.0. The summed E-state index contributed by atoms with van der Waals surface area (Å²) >= 11 is 0. The standard InChI is InChI=1S/C11H21F2N3/c1-3-11(5-4-6-11)8-16-10(14-2)15-7-9(12)13/h9H,3-8H2,1-2H3,(H2,14,15,16). The molecule has 0 unspecified atom stereocenters. The molecule has 1 rings (SSSR count). The third-order valence-electron chi connectivity index (χ3n) is 3.44. The van der Waals surface area contributed by atoms with Crippen molar-refractivity contribution in [2.45, 2.75) is 39.0 Å². The topological polar surface area (TPSA) is 36.4 Å². The van der Waals surface area contributed by atoms with Gasteiger partial charge < -0.3 is 10.6 Å². The van der Waals surface area contributed by atoms with E-state index < -0.39 is 6.43 Å². The van der Waals surface area contributed by atoms with Crippen LogP contribution in [-0.4, -0.2) is 32.5 Å². The van der Waals surface area contributed by atoms with E-state index in [1.54, 1.807) is 7.05 Å². The lowest BCUT2D eigenvalue weighted by atomic mass is 9.67. The molecule has 0 atom stereocenters. The van der Waals surface area contributed by atoms with Crippen LogP contribution in [0.3, 0.4) is 0 Å². The molecule has 0 aromatic rings. The van der Waals surface area contributed by atoms with Gasteiger partial charge in [-0.05, 0) is 24.7 Å². The van der Waals surface area contributed by atoms with Crippen molar-refractivity contribution in [1.82, 2.24) is 10.6 Å². The SMILES string of the molecule is CCC1(CNC(=NC)NCC(F)F)CCC1. The number of hydrogen-bond acceptors (Lipinski definition) is 1. The summed E-state index contributed by atoms with van der Waals surface area (Å²) in [6, 6.07) is 0. The van der Waals surface area contributed by atoms with Crippen molar-refractivity contribution in [2.24, 2.45) is 10.4 Å². The molecule has 2 N–H and O–H groups in total. The number of hydrogen-bond donors (Lipinski definition) is 2. The molecule has 0 amide bonds. The van der Waals surface area contributed by atoms with Crippen molar-refractivity contribution >= 4 is 5.96 Å². The van der Waals surface area contributed by atoms with Crippen molar-refractivity contribution in [3.63, 3.8) is 0 Å². The highest BCUT2D eigenvalue weighted by Crippen LogP contribution is 2.42. The highest BCUT2D eigenvalue weighted by atomic mass is 19.3. The van der Waals surface area contributed by atoms with Gasteiger partial charge in [-0.1, -0.05) is 13.3 Å². The van der Waals surface area contributed by atoms with Crippen LogP contribution in [0.25, 0.3) is 0 Å². The van der Waals surface area contributed by atoms with Gasteiger partial charge >= 0.3 is 0 Å². The molecule has 94 valence electrons. The molecule has 0 radical (unpaired) electrons. The molecular formula is C11H21F2N3. The fraction of sp³-hybridized carbons (Fsp3) is 0.909. The second kappa shape index (κ2) is 6.01. The molecule has 1 aliphatic carbocycles. The third kappa shape index (κ3) is 3.61. The van der Waals surface area contributed by atoms with E-state index in [-0.39, 0.29) is 6.54 Å². The van der Waals surface area contributed by atoms with Gasteiger partial charge in [0, 0.05) is 13.6 Å². The van der Waals surface area contributed by atoms with Crippen LogP contribution in [0.5, 0.6) is 0 Å². The van der Waals surface area contributed by atoms with Crippen LogP contribution in [0.1, 0.15) is 32.6 Å². The van der Waals surface area contributed by atoms with Gasteiger partial charge in [0.25, 0.3) is 6.43 Å². The zero-order valence-electron chi connectivity index (χ0n) is 10.0. The van der Waals surface area contributed by atoms with Crippen LogP contribution in [0, 0.1) is 5.41 Å². The summed E-state index contributed by atoms with van der Waals surface area (Å²) in [5, 5.41) is 5.73. The predicted molar refractivity (Wildman–Crippen MR) is 61.9 cm³/mol. The molecule has 1 fully saturated rings. The molecule has 0 heterocycles. The average molecular weight is 233 g/mol. The number of rotatable bonds is 5. The summed E-state index contributed by atoms with van der Waals surface area (Å²) < 4.78 is 24.0. The minimum absolute atomic E-state index is 0.348. The van der Waals surface area contributed by atoms with E-state index in [9.17, 15) is 8.78 Å². The summed E-state index contributed by atoms with van der Waals surface area (Å²) in [6.45, 7) is 2.65. The van der Waals surface area contributed by atoms with E-state index in [0.717, 1.165) is 13.0 Å². The van der Waals surface area contributed by atoms with Gasteiger partial charge in [0.1, 0.15) is 0 Å². The molecule has 1 saturated carbocycles. The van der Waals surface area contributed by atoms with Crippen LogP contribution in [-0.2, 0) is 0 Å². The van der Waals surface area contributed by atoms with Gasteiger partial charge in [0.05, 0.1) is 6.54 Å². The Kier molecular flexibility index (Phi) is 4.96. The second-order valence-corrected chi connectivity index (χ2v) is 4.40. The van der Waals surface area contributed by atoms with Crippen LogP contribution >= 0.6 is 0 Å². The summed E-state index contributed by atoms with van der Waals surface area (Å²) in [4.78, 5) is 3.92. The van der Waals surface area contributed by atoms with E-state index in [0.29, 0.717) is 11.4 Å². The lowest BCUT2D eigenvalue weighted by Crippen LogP contribution is -2.47. The Bertz CT molecular complexity index is 232. The van der Waals surface area contributed by atoms with Crippen LogP contribution in [0.4, 0.5) is 8.78 Å². The molecule has 0 spiro atoms. The Labute approximate surface area is 95.7 Å². The van der Waals surface area contributed by atoms with Crippen LogP contribution in [0.15, 0.2) is 4.99 Å². The third-order valence-corrected chi connectivity index (χ3v) is 3.44. The van der Waals surface area contributed by atoms with Gasteiger partial charge in [0.2, 0.25) is 0 Å². The first-order valence-corrected chi connectivity index (χ1v) is 5.84. The minimum atomic E-state index is -2.35. The van der Waals surface area contributed by atoms with E-state index in [2.05, 4.69) is 22.5 Å². The van der Waals surface area contributed by atoms with Crippen molar-refractivity contribution in [2.75, 3.05) is 20.1 Å². The van der Waals surface area contributed by atoms with E-state index in [4.69, 9.17) is 0 Å². The van der Waals surface area contributed by atoms with E-state index >= 15 is 0 Å². The number of alkyl halides is 2. The van der Waals surface area contributed by atoms with E-state index in [1.165, 1.54) is 19.3 Å². The highest BCUT2D eigenvalue weighted by molar-refractivity contribution is 5.79. The summed E-state index contributed by atoms with van der Waals surface area (Å²) in [5.41, 5.74) is 0.364. The smallest absolute Gasteiger partial charge is 0.255 e. The lowest BCUT2D eigenvalue weighted by Gasteiger charge is -2.41. The zero-order valence-corrected chi connectivity index (χ0v) is 10.0.